The number of carbonyl (C=O) groups excluding carboxylic acids is 1. The molecule has 0 atom stereocenters. The molecule has 0 spiro atoms. The third-order valence-corrected chi connectivity index (χ3v) is 2.82. The Labute approximate surface area is 109 Å². The second-order valence-electron chi connectivity index (χ2n) is 4.12. The minimum absolute atomic E-state index is 0.0481. The number of nitrogens with zero attached hydrogens (tertiary/aromatic N) is 1. The highest BCUT2D eigenvalue weighted by Gasteiger charge is 2.09. The number of hydrogen-bond donors (Lipinski definition) is 1. The summed E-state index contributed by atoms with van der Waals surface area (Å²) in [6.45, 7) is 0. The van der Waals surface area contributed by atoms with Crippen molar-refractivity contribution in [2.75, 3.05) is 0 Å². The van der Waals surface area contributed by atoms with E-state index < -0.39 is 10.8 Å². The molecule has 96 valence electrons. The van der Waals surface area contributed by atoms with Gasteiger partial charge in [0.15, 0.2) is 0 Å². The number of amides is 1. The Bertz CT molecular complexity index is 621. The highest BCUT2D eigenvalue weighted by Crippen LogP contribution is 2.17. The SMILES string of the molecule is NC(=O)c1ccccc1Cc1ccc([N+](=O)[O-])cc1. The highest BCUT2D eigenvalue weighted by atomic mass is 16.6. The van der Waals surface area contributed by atoms with Crippen LogP contribution in [0.1, 0.15) is 21.5 Å². The number of non-ortho nitro benzene ring substituents is 1. The Morgan fingerprint density at radius 2 is 1.74 bits per heavy atom. The molecule has 0 fully saturated rings. The predicted molar refractivity (Wildman–Crippen MR) is 70.9 cm³/mol. The van der Waals surface area contributed by atoms with Gasteiger partial charge in [0.05, 0.1) is 4.92 Å². The van der Waals surface area contributed by atoms with Crippen LogP contribution in [0, 0.1) is 10.1 Å². The zero-order valence-electron chi connectivity index (χ0n) is 10.1. The van der Waals surface area contributed by atoms with Crippen molar-refractivity contribution in [2.24, 2.45) is 5.73 Å². The molecule has 0 aliphatic heterocycles. The summed E-state index contributed by atoms with van der Waals surface area (Å²) < 4.78 is 0. The molecule has 0 heterocycles. The number of nitro benzene ring substituents is 1. The van der Waals surface area contributed by atoms with Gasteiger partial charge in [-0.3, -0.25) is 14.9 Å². The number of benzene rings is 2. The van der Waals surface area contributed by atoms with Gasteiger partial charge < -0.3 is 5.73 Å². The van der Waals surface area contributed by atoms with Crippen LogP contribution in [0.15, 0.2) is 48.5 Å². The van der Waals surface area contributed by atoms with Gasteiger partial charge in [-0.25, -0.2) is 0 Å². The van der Waals surface area contributed by atoms with Gasteiger partial charge in [0.1, 0.15) is 0 Å². The van der Waals surface area contributed by atoms with Gasteiger partial charge >= 0.3 is 0 Å². The maximum atomic E-state index is 11.3. The molecule has 0 saturated carbocycles. The molecule has 0 aromatic heterocycles. The first-order valence-electron chi connectivity index (χ1n) is 5.69. The molecule has 5 nitrogen and oxygen atoms in total. The molecule has 0 bridgehead atoms. The van der Waals surface area contributed by atoms with E-state index in [2.05, 4.69) is 0 Å². The fraction of sp³-hybridized carbons (Fsp3) is 0.0714. The lowest BCUT2D eigenvalue weighted by Gasteiger charge is -2.06. The van der Waals surface area contributed by atoms with E-state index in [0.717, 1.165) is 11.1 Å². The number of hydrogen-bond acceptors (Lipinski definition) is 3. The van der Waals surface area contributed by atoms with Gasteiger partial charge in [-0.15, -0.1) is 0 Å². The van der Waals surface area contributed by atoms with Crippen molar-refractivity contribution in [1.82, 2.24) is 0 Å². The van der Waals surface area contributed by atoms with Crippen LogP contribution in [-0.2, 0) is 6.42 Å². The third-order valence-electron chi connectivity index (χ3n) is 2.82. The number of nitro groups is 1. The number of rotatable bonds is 4. The van der Waals surface area contributed by atoms with Crippen LogP contribution in [0.4, 0.5) is 5.69 Å². The van der Waals surface area contributed by atoms with Crippen molar-refractivity contribution in [3.8, 4) is 0 Å². The fourth-order valence-electron chi connectivity index (χ4n) is 1.87. The summed E-state index contributed by atoms with van der Waals surface area (Å²) in [6.07, 6.45) is 0.511. The Morgan fingerprint density at radius 3 is 2.32 bits per heavy atom. The van der Waals surface area contributed by atoms with Gasteiger partial charge in [-0.05, 0) is 23.6 Å². The standard InChI is InChI=1S/C14H12N2O3/c15-14(17)13-4-2-1-3-11(13)9-10-5-7-12(8-6-10)16(18)19/h1-8H,9H2,(H2,15,17). The van der Waals surface area contributed by atoms with Crippen molar-refractivity contribution in [2.45, 2.75) is 6.42 Å². The average Bonchev–Trinajstić information content (AvgIpc) is 2.39. The van der Waals surface area contributed by atoms with Crippen molar-refractivity contribution < 1.29 is 9.72 Å². The topological polar surface area (TPSA) is 86.2 Å². The number of carbonyl (C=O) groups is 1. The first kappa shape index (κ1) is 12.8. The second-order valence-corrected chi connectivity index (χ2v) is 4.12. The zero-order valence-corrected chi connectivity index (χ0v) is 10.1. The quantitative estimate of drug-likeness (QED) is 0.672. The van der Waals surface area contributed by atoms with Crippen molar-refractivity contribution >= 4 is 11.6 Å². The van der Waals surface area contributed by atoms with Crippen molar-refractivity contribution in [1.29, 1.82) is 0 Å². The predicted octanol–water partition coefficient (Wildman–Crippen LogP) is 2.28. The lowest BCUT2D eigenvalue weighted by molar-refractivity contribution is -0.384. The molecule has 2 rings (SSSR count). The first-order valence-corrected chi connectivity index (χ1v) is 5.69. The van der Waals surface area contributed by atoms with Gasteiger partial charge in [0.25, 0.3) is 5.69 Å². The van der Waals surface area contributed by atoms with Crippen LogP contribution < -0.4 is 5.73 Å². The van der Waals surface area contributed by atoms with Gasteiger partial charge in [0, 0.05) is 17.7 Å². The van der Waals surface area contributed by atoms with Crippen LogP contribution in [0.25, 0.3) is 0 Å². The molecular weight excluding hydrogens is 244 g/mol. The molecule has 19 heavy (non-hydrogen) atoms. The molecule has 0 unspecified atom stereocenters. The van der Waals surface area contributed by atoms with Crippen LogP contribution in [0.5, 0.6) is 0 Å². The summed E-state index contributed by atoms with van der Waals surface area (Å²) in [5, 5.41) is 10.6. The lowest BCUT2D eigenvalue weighted by atomic mass is 9.99. The molecule has 2 aromatic carbocycles. The van der Waals surface area contributed by atoms with Crippen LogP contribution in [0.3, 0.4) is 0 Å². The van der Waals surface area contributed by atoms with E-state index in [9.17, 15) is 14.9 Å². The molecule has 0 saturated heterocycles. The number of nitrogens with two attached hydrogens (primary N) is 1. The molecular formula is C14H12N2O3. The average molecular weight is 256 g/mol. The maximum absolute atomic E-state index is 11.3. The zero-order chi connectivity index (χ0) is 13.8. The molecule has 0 radical (unpaired) electrons. The monoisotopic (exact) mass is 256 g/mol. The highest BCUT2D eigenvalue weighted by molar-refractivity contribution is 5.94. The van der Waals surface area contributed by atoms with Gasteiger partial charge in [-0.1, -0.05) is 30.3 Å². The Hall–Kier alpha value is -2.69. The molecule has 5 heteroatoms. The van der Waals surface area contributed by atoms with E-state index in [4.69, 9.17) is 5.73 Å². The Balaban J connectivity index is 2.26. The van der Waals surface area contributed by atoms with E-state index in [1.165, 1.54) is 12.1 Å². The van der Waals surface area contributed by atoms with E-state index in [1.807, 2.05) is 12.1 Å². The molecule has 2 N–H and O–H groups in total. The van der Waals surface area contributed by atoms with Crippen LogP contribution in [-0.4, -0.2) is 10.8 Å². The number of primary amides is 1. The largest absolute Gasteiger partial charge is 0.366 e. The van der Waals surface area contributed by atoms with Gasteiger partial charge in [0.2, 0.25) is 5.91 Å². The smallest absolute Gasteiger partial charge is 0.269 e. The van der Waals surface area contributed by atoms with E-state index in [1.54, 1.807) is 24.3 Å². The van der Waals surface area contributed by atoms with E-state index >= 15 is 0 Å². The third kappa shape index (κ3) is 2.95. The molecule has 0 aliphatic rings. The summed E-state index contributed by atoms with van der Waals surface area (Å²) in [5.74, 6) is -0.475. The Kier molecular flexibility index (Phi) is 3.56. The molecule has 2 aromatic rings. The van der Waals surface area contributed by atoms with Crippen molar-refractivity contribution in [3.05, 3.63) is 75.3 Å². The van der Waals surface area contributed by atoms with Crippen molar-refractivity contribution in [3.63, 3.8) is 0 Å². The summed E-state index contributed by atoms with van der Waals surface area (Å²) in [7, 11) is 0. The molecule has 0 aliphatic carbocycles. The summed E-state index contributed by atoms with van der Waals surface area (Å²) in [6, 6.07) is 13.3. The van der Waals surface area contributed by atoms with Crippen LogP contribution in [0.2, 0.25) is 0 Å². The van der Waals surface area contributed by atoms with Crippen LogP contribution >= 0.6 is 0 Å². The second kappa shape index (κ2) is 5.30. The lowest BCUT2D eigenvalue weighted by Crippen LogP contribution is -2.13. The minimum atomic E-state index is -0.475. The summed E-state index contributed by atoms with van der Waals surface area (Å²) in [4.78, 5) is 21.4. The summed E-state index contributed by atoms with van der Waals surface area (Å²) >= 11 is 0. The first-order chi connectivity index (χ1) is 9.08. The summed E-state index contributed by atoms with van der Waals surface area (Å²) in [5.41, 5.74) is 7.52. The maximum Gasteiger partial charge on any atom is 0.269 e. The van der Waals surface area contributed by atoms with E-state index in [-0.39, 0.29) is 5.69 Å². The van der Waals surface area contributed by atoms with E-state index in [0.29, 0.717) is 12.0 Å². The molecule has 1 amide bonds. The fourth-order valence-corrected chi connectivity index (χ4v) is 1.87. The minimum Gasteiger partial charge on any atom is -0.366 e. The normalized spacial score (nSPS) is 10.1. The Morgan fingerprint density at radius 1 is 1.11 bits per heavy atom. The van der Waals surface area contributed by atoms with Gasteiger partial charge in [-0.2, -0.15) is 0 Å².